The lowest BCUT2D eigenvalue weighted by Crippen LogP contribution is -2.44. The number of nitrogens with zero attached hydrogens (tertiary/aromatic N) is 4. The van der Waals surface area contributed by atoms with E-state index in [0.29, 0.717) is 29.8 Å². The highest BCUT2D eigenvalue weighted by Gasteiger charge is 2.25. The molecule has 1 aliphatic rings. The van der Waals surface area contributed by atoms with Crippen LogP contribution in [-0.2, 0) is 6.54 Å². The second-order valence-corrected chi connectivity index (χ2v) is 8.67. The molecule has 0 aliphatic carbocycles. The maximum Gasteiger partial charge on any atom is 0.253 e. The number of likely N-dealkylation sites (tertiary alicyclic amines) is 1. The largest absolute Gasteiger partial charge is 0.419 e. The van der Waals surface area contributed by atoms with Gasteiger partial charge in [-0.3, -0.25) is 9.69 Å². The number of rotatable bonds is 6. The molecule has 0 radical (unpaired) electrons. The molecule has 1 fully saturated rings. The molecule has 2 aromatic heterocycles. The van der Waals surface area contributed by atoms with Crippen LogP contribution in [0.25, 0.3) is 22.7 Å². The topological polar surface area (TPSA) is 97.3 Å². The lowest BCUT2D eigenvalue weighted by molar-refractivity contribution is 0.0905. The van der Waals surface area contributed by atoms with Crippen molar-refractivity contribution in [3.8, 4) is 22.7 Å². The van der Waals surface area contributed by atoms with Gasteiger partial charge in [0.15, 0.2) is 0 Å². The Morgan fingerprint density at radius 1 is 1.03 bits per heavy atom. The van der Waals surface area contributed by atoms with Crippen LogP contribution < -0.4 is 5.32 Å². The molecule has 0 unspecified atom stereocenters. The molecule has 0 spiro atoms. The van der Waals surface area contributed by atoms with Crippen molar-refractivity contribution in [3.05, 3.63) is 77.4 Å². The van der Waals surface area contributed by atoms with Gasteiger partial charge in [-0.05, 0) is 38.3 Å². The SMILES string of the molecule is Cc1ccccc1C(=O)NC1CCN(Cc2nnc(-c3c(-c4ccccc4)noc3C)o2)CC1. The Kier molecular flexibility index (Phi) is 6.22. The highest BCUT2D eigenvalue weighted by Crippen LogP contribution is 2.33. The summed E-state index contributed by atoms with van der Waals surface area (Å²) in [5.41, 5.74) is 4.08. The Hall–Kier alpha value is -3.78. The summed E-state index contributed by atoms with van der Waals surface area (Å²) in [5, 5.41) is 15.9. The normalized spacial score (nSPS) is 14.9. The molecule has 1 amide bonds. The number of hydrogen-bond donors (Lipinski definition) is 1. The van der Waals surface area contributed by atoms with Crippen molar-refractivity contribution >= 4 is 5.91 Å². The summed E-state index contributed by atoms with van der Waals surface area (Å²) in [6.45, 7) is 6.06. The minimum absolute atomic E-state index is 0.00333. The standard InChI is InChI=1S/C26H27N5O3/c1-17-8-6-7-11-21(17)25(32)27-20-12-14-31(15-13-20)16-22-28-29-26(33-22)23-18(2)34-30-24(23)19-9-4-3-5-10-19/h3-11,20H,12-16H2,1-2H3,(H,27,32). The highest BCUT2D eigenvalue weighted by atomic mass is 16.5. The Morgan fingerprint density at radius 2 is 1.76 bits per heavy atom. The van der Waals surface area contributed by atoms with Crippen molar-refractivity contribution in [1.82, 2.24) is 25.6 Å². The Morgan fingerprint density at radius 3 is 2.53 bits per heavy atom. The Labute approximate surface area is 198 Å². The summed E-state index contributed by atoms with van der Waals surface area (Å²) >= 11 is 0. The van der Waals surface area contributed by atoms with E-state index in [-0.39, 0.29) is 11.9 Å². The predicted molar refractivity (Wildman–Crippen MR) is 127 cm³/mol. The lowest BCUT2D eigenvalue weighted by atomic mass is 10.0. The number of aromatic nitrogens is 3. The smallest absolute Gasteiger partial charge is 0.253 e. The first-order valence-electron chi connectivity index (χ1n) is 11.5. The molecule has 0 atom stereocenters. The molecule has 0 bridgehead atoms. The fraction of sp³-hybridized carbons (Fsp3) is 0.308. The van der Waals surface area contributed by atoms with Crippen LogP contribution in [-0.4, -0.2) is 45.3 Å². The molecule has 8 nitrogen and oxygen atoms in total. The van der Waals surface area contributed by atoms with Gasteiger partial charge in [0, 0.05) is 30.3 Å². The van der Waals surface area contributed by atoms with Crippen LogP contribution in [0.1, 0.15) is 40.4 Å². The van der Waals surface area contributed by atoms with Crippen LogP contribution in [0.2, 0.25) is 0 Å². The van der Waals surface area contributed by atoms with Crippen molar-refractivity contribution < 1.29 is 13.7 Å². The monoisotopic (exact) mass is 457 g/mol. The zero-order chi connectivity index (χ0) is 23.5. The van der Waals surface area contributed by atoms with Crippen LogP contribution in [0, 0.1) is 13.8 Å². The van der Waals surface area contributed by atoms with Crippen LogP contribution in [0.3, 0.4) is 0 Å². The molecule has 8 heteroatoms. The van der Waals surface area contributed by atoms with Crippen molar-refractivity contribution in [1.29, 1.82) is 0 Å². The molecular weight excluding hydrogens is 430 g/mol. The first-order valence-corrected chi connectivity index (χ1v) is 11.5. The molecule has 0 saturated carbocycles. The van der Waals surface area contributed by atoms with Crippen molar-refractivity contribution in [2.45, 2.75) is 39.3 Å². The van der Waals surface area contributed by atoms with Gasteiger partial charge >= 0.3 is 0 Å². The van der Waals surface area contributed by atoms with E-state index in [1.165, 1.54) is 0 Å². The van der Waals surface area contributed by atoms with Gasteiger partial charge in [0.2, 0.25) is 5.89 Å². The molecule has 3 heterocycles. The molecule has 1 N–H and O–H groups in total. The number of amides is 1. The first kappa shape index (κ1) is 22.0. The van der Waals surface area contributed by atoms with Crippen LogP contribution in [0.4, 0.5) is 0 Å². The third-order valence-corrected chi connectivity index (χ3v) is 6.26. The van der Waals surface area contributed by atoms with Crippen LogP contribution in [0.5, 0.6) is 0 Å². The summed E-state index contributed by atoms with van der Waals surface area (Å²) in [4.78, 5) is 14.9. The highest BCUT2D eigenvalue weighted by molar-refractivity contribution is 5.95. The number of nitrogens with one attached hydrogen (secondary N) is 1. The van der Waals surface area contributed by atoms with E-state index in [1.807, 2.05) is 68.4 Å². The molecule has 174 valence electrons. The molecule has 4 aromatic rings. The molecule has 5 rings (SSSR count). The zero-order valence-electron chi connectivity index (χ0n) is 19.3. The predicted octanol–water partition coefficient (Wildman–Crippen LogP) is 4.40. The van der Waals surface area contributed by atoms with Gasteiger partial charge in [-0.1, -0.05) is 53.7 Å². The van der Waals surface area contributed by atoms with E-state index >= 15 is 0 Å². The molecular formula is C26H27N5O3. The summed E-state index contributed by atoms with van der Waals surface area (Å²) in [7, 11) is 0. The summed E-state index contributed by atoms with van der Waals surface area (Å²) in [6.07, 6.45) is 1.75. The van der Waals surface area contributed by atoms with E-state index in [4.69, 9.17) is 8.94 Å². The fourth-order valence-corrected chi connectivity index (χ4v) is 4.35. The van der Waals surface area contributed by atoms with Crippen molar-refractivity contribution in [2.24, 2.45) is 0 Å². The lowest BCUT2D eigenvalue weighted by Gasteiger charge is -2.31. The van der Waals surface area contributed by atoms with Gasteiger partial charge in [-0.15, -0.1) is 10.2 Å². The van der Waals surface area contributed by atoms with Gasteiger partial charge in [0.05, 0.1) is 6.54 Å². The van der Waals surface area contributed by atoms with E-state index in [1.54, 1.807) is 0 Å². The van der Waals surface area contributed by atoms with Crippen LogP contribution >= 0.6 is 0 Å². The van der Waals surface area contributed by atoms with Gasteiger partial charge in [-0.25, -0.2) is 0 Å². The summed E-state index contributed by atoms with van der Waals surface area (Å²) in [5.74, 6) is 1.60. The number of carbonyl (C=O) groups is 1. The third kappa shape index (κ3) is 4.63. The molecule has 1 aliphatic heterocycles. The minimum atomic E-state index is -0.00333. The third-order valence-electron chi connectivity index (χ3n) is 6.26. The number of carbonyl (C=O) groups excluding carboxylic acids is 1. The van der Waals surface area contributed by atoms with E-state index in [0.717, 1.165) is 48.2 Å². The first-order chi connectivity index (χ1) is 16.6. The Balaban J connectivity index is 1.20. The van der Waals surface area contributed by atoms with E-state index in [2.05, 4.69) is 25.6 Å². The average molecular weight is 458 g/mol. The van der Waals surface area contributed by atoms with Gasteiger partial charge < -0.3 is 14.3 Å². The van der Waals surface area contributed by atoms with Crippen molar-refractivity contribution in [3.63, 3.8) is 0 Å². The fourth-order valence-electron chi connectivity index (χ4n) is 4.35. The number of hydrogen-bond acceptors (Lipinski definition) is 7. The minimum Gasteiger partial charge on any atom is -0.419 e. The van der Waals surface area contributed by atoms with Crippen LogP contribution in [0.15, 0.2) is 63.5 Å². The summed E-state index contributed by atoms with van der Waals surface area (Å²) < 4.78 is 11.4. The maximum absolute atomic E-state index is 12.6. The summed E-state index contributed by atoms with van der Waals surface area (Å²) in [6, 6.07) is 17.6. The van der Waals surface area contributed by atoms with Gasteiger partial charge in [-0.2, -0.15) is 0 Å². The zero-order valence-corrected chi connectivity index (χ0v) is 19.3. The van der Waals surface area contributed by atoms with E-state index < -0.39 is 0 Å². The molecule has 1 saturated heterocycles. The van der Waals surface area contributed by atoms with Crippen molar-refractivity contribution in [2.75, 3.05) is 13.1 Å². The quantitative estimate of drug-likeness (QED) is 0.458. The molecule has 2 aromatic carbocycles. The number of piperidine rings is 1. The number of benzene rings is 2. The molecule has 34 heavy (non-hydrogen) atoms. The van der Waals surface area contributed by atoms with Gasteiger partial charge in [0.1, 0.15) is 17.0 Å². The number of aryl methyl sites for hydroxylation is 2. The maximum atomic E-state index is 12.6. The second-order valence-electron chi connectivity index (χ2n) is 8.67. The van der Waals surface area contributed by atoms with Gasteiger partial charge in [0.25, 0.3) is 11.8 Å². The average Bonchev–Trinajstić information content (AvgIpc) is 3.47. The Bertz CT molecular complexity index is 1270. The van der Waals surface area contributed by atoms with E-state index in [9.17, 15) is 4.79 Å². The second kappa shape index (κ2) is 9.61.